The van der Waals surface area contributed by atoms with Crippen LogP contribution < -0.4 is 4.90 Å². The van der Waals surface area contributed by atoms with Gasteiger partial charge in [0, 0.05) is 31.5 Å². The molecule has 0 spiro atoms. The van der Waals surface area contributed by atoms with E-state index < -0.39 is 0 Å². The third-order valence-electron chi connectivity index (χ3n) is 2.96. The highest BCUT2D eigenvalue weighted by Crippen LogP contribution is 2.21. The SMILES string of the molecule is CN(C)c1ccc(-c2nnc3ccccn23)cc1. The summed E-state index contributed by atoms with van der Waals surface area (Å²) in [5, 5.41) is 8.39. The molecule has 0 aliphatic rings. The van der Waals surface area contributed by atoms with Crippen molar-refractivity contribution in [3.8, 4) is 11.4 Å². The molecule has 0 radical (unpaired) electrons. The maximum absolute atomic E-state index is 4.24. The van der Waals surface area contributed by atoms with Crippen LogP contribution in [0.2, 0.25) is 0 Å². The smallest absolute Gasteiger partial charge is 0.168 e. The fraction of sp³-hybridized carbons (Fsp3) is 0.143. The number of benzene rings is 1. The molecule has 4 heteroatoms. The first-order valence-corrected chi connectivity index (χ1v) is 5.83. The van der Waals surface area contributed by atoms with Crippen LogP contribution in [0.1, 0.15) is 0 Å². The first-order valence-electron chi connectivity index (χ1n) is 5.83. The van der Waals surface area contributed by atoms with Crippen molar-refractivity contribution < 1.29 is 0 Å². The van der Waals surface area contributed by atoms with Gasteiger partial charge in [-0.05, 0) is 36.4 Å². The third kappa shape index (κ3) is 1.72. The molecular weight excluding hydrogens is 224 g/mol. The van der Waals surface area contributed by atoms with Gasteiger partial charge in [-0.3, -0.25) is 4.40 Å². The quantitative estimate of drug-likeness (QED) is 0.687. The predicted octanol–water partition coefficient (Wildman–Crippen LogP) is 2.46. The Labute approximate surface area is 106 Å². The molecule has 0 fully saturated rings. The van der Waals surface area contributed by atoms with E-state index in [1.807, 2.05) is 42.9 Å². The fourth-order valence-electron chi connectivity index (χ4n) is 1.95. The van der Waals surface area contributed by atoms with Crippen LogP contribution in [-0.2, 0) is 0 Å². The fourth-order valence-corrected chi connectivity index (χ4v) is 1.95. The Kier molecular flexibility index (Phi) is 2.48. The van der Waals surface area contributed by atoms with E-state index in [9.17, 15) is 0 Å². The van der Waals surface area contributed by atoms with E-state index in [0.29, 0.717) is 0 Å². The van der Waals surface area contributed by atoms with Crippen molar-refractivity contribution in [3.05, 3.63) is 48.7 Å². The summed E-state index contributed by atoms with van der Waals surface area (Å²) in [6, 6.07) is 14.2. The van der Waals surface area contributed by atoms with E-state index in [2.05, 4.69) is 39.4 Å². The maximum atomic E-state index is 4.24. The van der Waals surface area contributed by atoms with Crippen LogP contribution in [0.25, 0.3) is 17.0 Å². The monoisotopic (exact) mass is 238 g/mol. The lowest BCUT2D eigenvalue weighted by Gasteiger charge is -2.12. The molecule has 90 valence electrons. The van der Waals surface area contributed by atoms with Gasteiger partial charge in [0.25, 0.3) is 0 Å². The highest BCUT2D eigenvalue weighted by Gasteiger charge is 2.07. The van der Waals surface area contributed by atoms with Gasteiger partial charge in [0.15, 0.2) is 11.5 Å². The second-order valence-corrected chi connectivity index (χ2v) is 4.39. The van der Waals surface area contributed by atoms with Gasteiger partial charge in [-0.2, -0.15) is 0 Å². The molecule has 1 aromatic carbocycles. The van der Waals surface area contributed by atoms with E-state index >= 15 is 0 Å². The van der Waals surface area contributed by atoms with Gasteiger partial charge < -0.3 is 4.90 Å². The molecule has 0 unspecified atom stereocenters. The number of rotatable bonds is 2. The third-order valence-corrected chi connectivity index (χ3v) is 2.96. The number of hydrogen-bond donors (Lipinski definition) is 0. The average Bonchev–Trinajstić information content (AvgIpc) is 2.82. The number of nitrogens with zero attached hydrogens (tertiary/aromatic N) is 4. The first-order chi connectivity index (χ1) is 8.75. The van der Waals surface area contributed by atoms with Crippen LogP contribution >= 0.6 is 0 Å². The zero-order valence-corrected chi connectivity index (χ0v) is 10.4. The summed E-state index contributed by atoms with van der Waals surface area (Å²) < 4.78 is 1.99. The molecule has 0 saturated carbocycles. The van der Waals surface area contributed by atoms with Crippen LogP contribution in [0, 0.1) is 0 Å². The normalized spacial score (nSPS) is 10.8. The molecule has 0 bridgehead atoms. The van der Waals surface area contributed by atoms with Crippen LogP contribution in [-0.4, -0.2) is 28.7 Å². The lowest BCUT2D eigenvalue weighted by molar-refractivity contribution is 1.11. The summed E-state index contributed by atoms with van der Waals surface area (Å²) in [6.45, 7) is 0. The van der Waals surface area contributed by atoms with Crippen LogP contribution in [0.3, 0.4) is 0 Å². The average molecular weight is 238 g/mol. The van der Waals surface area contributed by atoms with E-state index in [-0.39, 0.29) is 0 Å². The summed E-state index contributed by atoms with van der Waals surface area (Å²) >= 11 is 0. The Bertz CT molecular complexity index is 668. The number of aromatic nitrogens is 3. The van der Waals surface area contributed by atoms with Gasteiger partial charge in [0.1, 0.15) is 0 Å². The van der Waals surface area contributed by atoms with Crippen molar-refractivity contribution in [1.82, 2.24) is 14.6 Å². The van der Waals surface area contributed by atoms with E-state index in [4.69, 9.17) is 0 Å². The van der Waals surface area contributed by atoms with Crippen molar-refractivity contribution in [2.24, 2.45) is 0 Å². The summed E-state index contributed by atoms with van der Waals surface area (Å²) in [4.78, 5) is 2.08. The minimum atomic E-state index is 0.865. The Morgan fingerprint density at radius 3 is 2.44 bits per heavy atom. The van der Waals surface area contributed by atoms with Gasteiger partial charge in [-0.25, -0.2) is 0 Å². The van der Waals surface area contributed by atoms with Crippen molar-refractivity contribution in [2.75, 3.05) is 19.0 Å². The molecule has 3 rings (SSSR count). The molecule has 3 aromatic rings. The molecule has 2 aromatic heterocycles. The Balaban J connectivity index is 2.09. The molecule has 0 amide bonds. The zero-order valence-electron chi connectivity index (χ0n) is 10.4. The summed E-state index contributed by atoms with van der Waals surface area (Å²) in [5.41, 5.74) is 3.11. The minimum Gasteiger partial charge on any atom is -0.378 e. The van der Waals surface area contributed by atoms with E-state index in [1.54, 1.807) is 0 Å². The molecule has 0 aliphatic heterocycles. The van der Waals surface area contributed by atoms with Crippen LogP contribution in [0.4, 0.5) is 5.69 Å². The van der Waals surface area contributed by atoms with Crippen molar-refractivity contribution in [1.29, 1.82) is 0 Å². The number of hydrogen-bond acceptors (Lipinski definition) is 3. The highest BCUT2D eigenvalue weighted by molar-refractivity contribution is 5.62. The highest BCUT2D eigenvalue weighted by atomic mass is 15.2. The Morgan fingerprint density at radius 2 is 1.72 bits per heavy atom. The summed E-state index contributed by atoms with van der Waals surface area (Å²) in [7, 11) is 4.06. The predicted molar refractivity (Wildman–Crippen MR) is 72.8 cm³/mol. The van der Waals surface area contributed by atoms with E-state index in [0.717, 1.165) is 17.0 Å². The zero-order chi connectivity index (χ0) is 12.5. The Hall–Kier alpha value is -2.36. The molecule has 18 heavy (non-hydrogen) atoms. The maximum Gasteiger partial charge on any atom is 0.168 e. The number of anilines is 1. The molecule has 0 N–H and O–H groups in total. The minimum absolute atomic E-state index is 0.865. The second-order valence-electron chi connectivity index (χ2n) is 4.39. The lowest BCUT2D eigenvalue weighted by Crippen LogP contribution is -2.08. The standard InChI is InChI=1S/C14H14N4/c1-17(2)12-8-6-11(7-9-12)14-16-15-13-5-3-4-10-18(13)14/h3-10H,1-2H3. The molecule has 0 atom stereocenters. The van der Waals surface area contributed by atoms with Gasteiger partial charge >= 0.3 is 0 Å². The lowest BCUT2D eigenvalue weighted by atomic mass is 10.2. The van der Waals surface area contributed by atoms with Gasteiger partial charge in [0.2, 0.25) is 0 Å². The summed E-state index contributed by atoms with van der Waals surface area (Å²) in [5.74, 6) is 0.871. The van der Waals surface area contributed by atoms with Gasteiger partial charge in [-0.1, -0.05) is 6.07 Å². The summed E-state index contributed by atoms with van der Waals surface area (Å²) in [6.07, 6.45) is 1.98. The first kappa shape index (κ1) is 10.8. The van der Waals surface area contributed by atoms with Crippen LogP contribution in [0.15, 0.2) is 48.7 Å². The molecule has 2 heterocycles. The van der Waals surface area contributed by atoms with Crippen molar-refractivity contribution in [2.45, 2.75) is 0 Å². The Morgan fingerprint density at radius 1 is 0.944 bits per heavy atom. The van der Waals surface area contributed by atoms with Gasteiger partial charge in [-0.15, -0.1) is 10.2 Å². The van der Waals surface area contributed by atoms with E-state index in [1.165, 1.54) is 5.69 Å². The molecular formula is C14H14N4. The molecule has 0 saturated heterocycles. The second kappa shape index (κ2) is 4.14. The van der Waals surface area contributed by atoms with Gasteiger partial charge in [0.05, 0.1) is 0 Å². The van der Waals surface area contributed by atoms with Crippen molar-refractivity contribution >= 4 is 11.3 Å². The molecule has 0 aliphatic carbocycles. The largest absolute Gasteiger partial charge is 0.378 e. The number of pyridine rings is 1. The topological polar surface area (TPSA) is 33.4 Å². The molecule has 4 nitrogen and oxygen atoms in total. The van der Waals surface area contributed by atoms with Crippen LogP contribution in [0.5, 0.6) is 0 Å². The van der Waals surface area contributed by atoms with Crippen molar-refractivity contribution in [3.63, 3.8) is 0 Å². The number of fused-ring (bicyclic) bond motifs is 1.